The molecule has 0 aliphatic heterocycles. The van der Waals surface area contributed by atoms with E-state index in [1.54, 1.807) is 0 Å². The largest absolute Gasteiger partial charge is 0.370 e. The molecule has 0 heterocycles. The first-order valence-electron chi connectivity index (χ1n) is 6.15. The van der Waals surface area contributed by atoms with Gasteiger partial charge >= 0.3 is 0 Å². The van der Waals surface area contributed by atoms with Crippen molar-refractivity contribution in [1.29, 1.82) is 5.41 Å². The molecular weight excluding hydrogens is 231 g/mol. The van der Waals surface area contributed by atoms with Gasteiger partial charge in [-0.2, -0.15) is 0 Å². The molecule has 1 rings (SSSR count). The van der Waals surface area contributed by atoms with Crippen LogP contribution in [0.15, 0.2) is 24.3 Å². The molecule has 0 radical (unpaired) electrons. The molecular formula is C13H21FN4. The van der Waals surface area contributed by atoms with Crippen LogP contribution >= 0.6 is 0 Å². The molecule has 1 atom stereocenters. The quantitative estimate of drug-likeness (QED) is 0.257. The highest BCUT2D eigenvalue weighted by Crippen LogP contribution is 2.04. The second-order valence-corrected chi connectivity index (χ2v) is 4.16. The smallest absolute Gasteiger partial charge is 0.187 e. The second kappa shape index (κ2) is 7.66. The van der Waals surface area contributed by atoms with Gasteiger partial charge in [-0.25, -0.2) is 4.39 Å². The SMILES string of the molecule is CCc1ccc(CNCCC(F)NC(=N)N)cc1. The Bertz CT molecular complexity index is 364. The van der Waals surface area contributed by atoms with Crippen LogP contribution in [0.4, 0.5) is 4.39 Å². The fraction of sp³-hybridized carbons (Fsp3) is 0.462. The molecule has 0 aliphatic rings. The van der Waals surface area contributed by atoms with E-state index in [0.717, 1.165) is 13.0 Å². The summed E-state index contributed by atoms with van der Waals surface area (Å²) in [5.41, 5.74) is 7.52. The average molecular weight is 252 g/mol. The van der Waals surface area contributed by atoms with Crippen LogP contribution < -0.4 is 16.4 Å². The van der Waals surface area contributed by atoms with Crippen molar-refractivity contribution in [2.75, 3.05) is 6.54 Å². The van der Waals surface area contributed by atoms with E-state index in [2.05, 4.69) is 41.8 Å². The predicted molar refractivity (Wildman–Crippen MR) is 72.1 cm³/mol. The number of alkyl halides is 1. The summed E-state index contributed by atoms with van der Waals surface area (Å²) in [5, 5.41) is 12.2. The molecule has 1 unspecified atom stereocenters. The van der Waals surface area contributed by atoms with Crippen molar-refractivity contribution in [1.82, 2.24) is 10.6 Å². The van der Waals surface area contributed by atoms with Crippen LogP contribution in [0.3, 0.4) is 0 Å². The summed E-state index contributed by atoms with van der Waals surface area (Å²) in [6.45, 7) is 3.38. The Hall–Kier alpha value is -1.62. The van der Waals surface area contributed by atoms with Gasteiger partial charge in [0.25, 0.3) is 0 Å². The summed E-state index contributed by atoms with van der Waals surface area (Å²) in [6, 6.07) is 8.36. The zero-order valence-electron chi connectivity index (χ0n) is 10.7. The molecule has 100 valence electrons. The van der Waals surface area contributed by atoms with Crippen LogP contribution in [0.5, 0.6) is 0 Å². The zero-order valence-corrected chi connectivity index (χ0v) is 10.7. The Morgan fingerprint density at radius 1 is 1.33 bits per heavy atom. The summed E-state index contributed by atoms with van der Waals surface area (Å²) in [6.07, 6.45) is 0.0538. The van der Waals surface area contributed by atoms with E-state index in [1.165, 1.54) is 11.1 Å². The lowest BCUT2D eigenvalue weighted by molar-refractivity contribution is 0.288. The number of hydrogen-bond donors (Lipinski definition) is 4. The van der Waals surface area contributed by atoms with Crippen LogP contribution in [0, 0.1) is 5.41 Å². The second-order valence-electron chi connectivity index (χ2n) is 4.16. The lowest BCUT2D eigenvalue weighted by Gasteiger charge is -2.10. The van der Waals surface area contributed by atoms with E-state index in [-0.39, 0.29) is 12.4 Å². The number of nitrogens with two attached hydrogens (primary N) is 1. The standard InChI is InChI=1S/C13H21FN4/c1-2-10-3-5-11(6-4-10)9-17-8-7-12(14)18-13(15)16/h3-6,12,17H,2,7-9H2,1H3,(H4,15,16,18). The molecule has 0 bridgehead atoms. The van der Waals surface area contributed by atoms with Gasteiger partial charge in [-0.15, -0.1) is 0 Å². The van der Waals surface area contributed by atoms with Crippen LogP contribution in [0.25, 0.3) is 0 Å². The van der Waals surface area contributed by atoms with Gasteiger partial charge in [-0.1, -0.05) is 31.2 Å². The first-order chi connectivity index (χ1) is 8.61. The molecule has 0 aromatic heterocycles. The number of benzene rings is 1. The van der Waals surface area contributed by atoms with Gasteiger partial charge in [-0.3, -0.25) is 5.41 Å². The average Bonchev–Trinajstić information content (AvgIpc) is 2.34. The summed E-state index contributed by atoms with van der Waals surface area (Å²) >= 11 is 0. The molecule has 5 heteroatoms. The number of rotatable bonds is 7. The summed E-state index contributed by atoms with van der Waals surface area (Å²) < 4.78 is 13.1. The van der Waals surface area contributed by atoms with Crippen molar-refractivity contribution in [3.8, 4) is 0 Å². The number of hydrogen-bond acceptors (Lipinski definition) is 2. The van der Waals surface area contributed by atoms with Crippen LogP contribution in [-0.2, 0) is 13.0 Å². The lowest BCUT2D eigenvalue weighted by atomic mass is 10.1. The highest BCUT2D eigenvalue weighted by atomic mass is 19.1. The number of nitrogens with one attached hydrogen (secondary N) is 3. The minimum atomic E-state index is -1.27. The van der Waals surface area contributed by atoms with Crippen molar-refractivity contribution in [2.45, 2.75) is 32.6 Å². The number of aryl methyl sites for hydroxylation is 1. The van der Waals surface area contributed by atoms with Crippen LogP contribution in [0.2, 0.25) is 0 Å². The Kier molecular flexibility index (Phi) is 6.14. The number of halogens is 1. The van der Waals surface area contributed by atoms with E-state index < -0.39 is 6.30 Å². The first kappa shape index (κ1) is 14.4. The Balaban J connectivity index is 2.19. The third kappa shape index (κ3) is 5.63. The Morgan fingerprint density at radius 3 is 2.50 bits per heavy atom. The molecule has 0 aliphatic carbocycles. The Labute approximate surface area is 107 Å². The van der Waals surface area contributed by atoms with Crippen molar-refractivity contribution < 1.29 is 4.39 Å². The van der Waals surface area contributed by atoms with Crippen molar-refractivity contribution >= 4 is 5.96 Å². The number of guanidine groups is 1. The van der Waals surface area contributed by atoms with Gasteiger partial charge in [0.1, 0.15) is 0 Å². The maximum atomic E-state index is 13.1. The van der Waals surface area contributed by atoms with Crippen LogP contribution in [0.1, 0.15) is 24.5 Å². The molecule has 1 aromatic carbocycles. The van der Waals surface area contributed by atoms with Crippen molar-refractivity contribution in [3.05, 3.63) is 35.4 Å². The van der Waals surface area contributed by atoms with E-state index in [1.807, 2.05) is 0 Å². The summed E-state index contributed by atoms with van der Waals surface area (Å²) in [5.74, 6) is -0.336. The van der Waals surface area contributed by atoms with E-state index in [4.69, 9.17) is 11.1 Å². The highest BCUT2D eigenvalue weighted by molar-refractivity contribution is 5.74. The van der Waals surface area contributed by atoms with Crippen LogP contribution in [-0.4, -0.2) is 18.8 Å². The first-order valence-corrected chi connectivity index (χ1v) is 6.15. The van der Waals surface area contributed by atoms with E-state index in [9.17, 15) is 4.39 Å². The zero-order chi connectivity index (χ0) is 13.4. The molecule has 18 heavy (non-hydrogen) atoms. The molecule has 0 saturated carbocycles. The lowest BCUT2D eigenvalue weighted by Crippen LogP contribution is -2.38. The minimum absolute atomic E-state index is 0.284. The van der Waals surface area contributed by atoms with Gasteiger partial charge in [0, 0.05) is 19.5 Å². The third-order valence-corrected chi connectivity index (χ3v) is 2.65. The van der Waals surface area contributed by atoms with Crippen molar-refractivity contribution in [3.63, 3.8) is 0 Å². The van der Waals surface area contributed by atoms with Gasteiger partial charge < -0.3 is 16.4 Å². The predicted octanol–water partition coefficient (Wildman–Crippen LogP) is 1.51. The normalized spacial score (nSPS) is 12.1. The molecule has 1 aromatic rings. The monoisotopic (exact) mass is 252 g/mol. The molecule has 0 spiro atoms. The van der Waals surface area contributed by atoms with Gasteiger partial charge in [-0.05, 0) is 17.5 Å². The van der Waals surface area contributed by atoms with Gasteiger partial charge in [0.15, 0.2) is 12.3 Å². The fourth-order valence-corrected chi connectivity index (χ4v) is 1.60. The minimum Gasteiger partial charge on any atom is -0.370 e. The molecule has 5 N–H and O–H groups in total. The summed E-state index contributed by atoms with van der Waals surface area (Å²) in [4.78, 5) is 0. The topological polar surface area (TPSA) is 73.9 Å². The van der Waals surface area contributed by atoms with Gasteiger partial charge in [0.2, 0.25) is 0 Å². The molecule has 0 amide bonds. The van der Waals surface area contributed by atoms with E-state index in [0.29, 0.717) is 6.54 Å². The maximum absolute atomic E-state index is 13.1. The van der Waals surface area contributed by atoms with Gasteiger partial charge in [0.05, 0.1) is 0 Å². The van der Waals surface area contributed by atoms with E-state index >= 15 is 0 Å². The summed E-state index contributed by atoms with van der Waals surface area (Å²) in [7, 11) is 0. The van der Waals surface area contributed by atoms with Crippen molar-refractivity contribution in [2.24, 2.45) is 5.73 Å². The Morgan fingerprint density at radius 2 is 1.94 bits per heavy atom. The molecule has 4 nitrogen and oxygen atoms in total. The molecule has 0 saturated heterocycles. The maximum Gasteiger partial charge on any atom is 0.187 e. The molecule has 0 fully saturated rings. The third-order valence-electron chi connectivity index (χ3n) is 2.65. The fourth-order valence-electron chi connectivity index (χ4n) is 1.60. The highest BCUT2D eigenvalue weighted by Gasteiger charge is 2.04.